The van der Waals surface area contributed by atoms with Gasteiger partial charge in [0.25, 0.3) is 0 Å². The third-order valence-electron chi connectivity index (χ3n) is 5.93. The lowest BCUT2D eigenvalue weighted by molar-refractivity contribution is -0.125. The highest BCUT2D eigenvalue weighted by Crippen LogP contribution is 2.30. The molecular weight excluding hydrogens is 468 g/mol. The van der Waals surface area contributed by atoms with E-state index in [1.807, 2.05) is 18.2 Å². The number of alkyl halides is 2. The summed E-state index contributed by atoms with van der Waals surface area (Å²) >= 11 is 0. The van der Waals surface area contributed by atoms with Crippen molar-refractivity contribution in [2.45, 2.75) is 25.9 Å². The van der Waals surface area contributed by atoms with Crippen molar-refractivity contribution in [3.8, 4) is 17.3 Å². The molecule has 0 saturated carbocycles. The molecule has 1 aliphatic heterocycles. The van der Waals surface area contributed by atoms with E-state index in [1.165, 1.54) is 12.1 Å². The summed E-state index contributed by atoms with van der Waals surface area (Å²) in [7, 11) is 0. The third-order valence-corrected chi connectivity index (χ3v) is 5.93. The molecular formula is C26H23F2N5O3. The minimum atomic E-state index is -2.93. The number of Topliss-reactive ketones (excluding diaryl/α,β-unsaturated/α-hetero) is 1. The smallest absolute Gasteiger partial charge is 0.387 e. The highest BCUT2D eigenvalue weighted by Gasteiger charge is 2.22. The Morgan fingerprint density at radius 1 is 1.11 bits per heavy atom. The monoisotopic (exact) mass is 491 g/mol. The number of ether oxygens (including phenoxy) is 2. The second kappa shape index (κ2) is 10.7. The van der Waals surface area contributed by atoms with E-state index >= 15 is 0 Å². The number of anilines is 2. The molecule has 2 aromatic heterocycles. The van der Waals surface area contributed by atoms with Gasteiger partial charge in [-0.25, -0.2) is 15.0 Å². The van der Waals surface area contributed by atoms with Crippen LogP contribution in [0.15, 0.2) is 61.1 Å². The zero-order chi connectivity index (χ0) is 24.9. The number of nitrogens with zero attached hydrogens (tertiary/aromatic N) is 4. The first-order valence-corrected chi connectivity index (χ1v) is 11.5. The van der Waals surface area contributed by atoms with Gasteiger partial charge in [-0.05, 0) is 42.7 Å². The third kappa shape index (κ3) is 5.60. The van der Waals surface area contributed by atoms with Crippen LogP contribution in [-0.2, 0) is 16.0 Å². The first kappa shape index (κ1) is 23.7. The van der Waals surface area contributed by atoms with E-state index in [2.05, 4.69) is 30.0 Å². The van der Waals surface area contributed by atoms with E-state index < -0.39 is 6.61 Å². The van der Waals surface area contributed by atoms with Gasteiger partial charge in [-0.2, -0.15) is 8.78 Å². The standard InChI is InChI=1S/C26H23F2N5O3/c27-26(28)36-19-3-1-2-18(14-19)31-24-20-12-16(13-23(34)17-6-10-35-11-7-17)4-5-21(20)32-25(33-24)22-15-29-8-9-30-22/h1-5,8-9,12,14-15,17,26H,6-7,10-11,13H2,(H,31,32,33). The maximum absolute atomic E-state index is 12.9. The minimum absolute atomic E-state index is 0.0000945. The minimum Gasteiger partial charge on any atom is -0.435 e. The molecule has 1 fully saturated rings. The summed E-state index contributed by atoms with van der Waals surface area (Å²) in [5, 5.41) is 3.87. The quantitative estimate of drug-likeness (QED) is 0.369. The van der Waals surface area contributed by atoms with Gasteiger partial charge in [0.15, 0.2) is 5.82 Å². The number of rotatable bonds is 8. The van der Waals surface area contributed by atoms with Crippen LogP contribution in [0.3, 0.4) is 0 Å². The van der Waals surface area contributed by atoms with Crippen LogP contribution in [0.1, 0.15) is 18.4 Å². The van der Waals surface area contributed by atoms with Gasteiger partial charge < -0.3 is 14.8 Å². The molecule has 0 unspecified atom stereocenters. The lowest BCUT2D eigenvalue weighted by Crippen LogP contribution is -2.24. The number of hydrogen-bond acceptors (Lipinski definition) is 8. The Morgan fingerprint density at radius 2 is 1.97 bits per heavy atom. The number of hydrogen-bond donors (Lipinski definition) is 1. The fraction of sp³-hybridized carbons (Fsp3) is 0.269. The van der Waals surface area contributed by atoms with Crippen molar-refractivity contribution in [1.29, 1.82) is 0 Å². The Kier molecular flexibility index (Phi) is 7.03. The first-order valence-electron chi connectivity index (χ1n) is 11.5. The zero-order valence-corrected chi connectivity index (χ0v) is 19.2. The molecule has 4 aromatic rings. The van der Waals surface area contributed by atoms with Gasteiger partial charge in [0.05, 0.1) is 11.7 Å². The normalized spacial score (nSPS) is 14.2. The lowest BCUT2D eigenvalue weighted by atomic mass is 9.91. The number of benzene rings is 2. The highest BCUT2D eigenvalue weighted by molar-refractivity contribution is 5.93. The molecule has 2 aromatic carbocycles. The summed E-state index contributed by atoms with van der Waals surface area (Å²) in [6, 6.07) is 11.8. The first-order chi connectivity index (χ1) is 17.5. The Hall–Kier alpha value is -4.05. The molecule has 184 valence electrons. The van der Waals surface area contributed by atoms with E-state index in [-0.39, 0.29) is 17.5 Å². The molecule has 8 nitrogen and oxygen atoms in total. The van der Waals surface area contributed by atoms with E-state index in [4.69, 9.17) is 4.74 Å². The van der Waals surface area contributed by atoms with Gasteiger partial charge in [0, 0.05) is 55.1 Å². The lowest BCUT2D eigenvalue weighted by Gasteiger charge is -2.20. The van der Waals surface area contributed by atoms with Crippen molar-refractivity contribution in [3.05, 3.63) is 66.6 Å². The van der Waals surface area contributed by atoms with Crippen LogP contribution in [0.2, 0.25) is 0 Å². The van der Waals surface area contributed by atoms with Gasteiger partial charge in [0.1, 0.15) is 23.0 Å². The number of fused-ring (bicyclic) bond motifs is 1. The van der Waals surface area contributed by atoms with Crippen LogP contribution in [-0.4, -0.2) is 45.5 Å². The fourth-order valence-electron chi connectivity index (χ4n) is 4.16. The Morgan fingerprint density at radius 3 is 2.75 bits per heavy atom. The number of ketones is 1. The van der Waals surface area contributed by atoms with Crippen LogP contribution in [0.4, 0.5) is 20.3 Å². The van der Waals surface area contributed by atoms with Crippen LogP contribution in [0.5, 0.6) is 5.75 Å². The van der Waals surface area contributed by atoms with Crippen molar-refractivity contribution in [1.82, 2.24) is 19.9 Å². The molecule has 1 N–H and O–H groups in total. The average Bonchev–Trinajstić information content (AvgIpc) is 2.89. The van der Waals surface area contributed by atoms with E-state index in [1.54, 1.807) is 30.7 Å². The molecule has 10 heteroatoms. The summed E-state index contributed by atoms with van der Waals surface area (Å²) in [4.78, 5) is 30.5. The summed E-state index contributed by atoms with van der Waals surface area (Å²) in [6.45, 7) is -1.72. The predicted molar refractivity (Wildman–Crippen MR) is 129 cm³/mol. The van der Waals surface area contributed by atoms with Crippen molar-refractivity contribution < 1.29 is 23.0 Å². The maximum Gasteiger partial charge on any atom is 0.387 e. The molecule has 1 aliphatic rings. The molecule has 0 aliphatic carbocycles. The van der Waals surface area contributed by atoms with Gasteiger partial charge >= 0.3 is 6.61 Å². The molecule has 36 heavy (non-hydrogen) atoms. The van der Waals surface area contributed by atoms with Crippen LogP contribution in [0.25, 0.3) is 22.4 Å². The SMILES string of the molecule is O=C(Cc1ccc2nc(-c3cnccn3)nc(Nc3cccc(OC(F)F)c3)c2c1)C1CCOCC1. The summed E-state index contributed by atoms with van der Waals surface area (Å²) < 4.78 is 35.3. The topological polar surface area (TPSA) is 99.1 Å². The van der Waals surface area contributed by atoms with Gasteiger partial charge in [-0.3, -0.25) is 9.78 Å². The average molecular weight is 491 g/mol. The van der Waals surface area contributed by atoms with E-state index in [0.717, 1.165) is 18.4 Å². The number of aromatic nitrogens is 4. The zero-order valence-electron chi connectivity index (χ0n) is 19.2. The second-order valence-electron chi connectivity index (χ2n) is 8.40. The summed E-state index contributed by atoms with van der Waals surface area (Å²) in [5.41, 5.74) is 2.46. The van der Waals surface area contributed by atoms with Gasteiger partial charge in [0.2, 0.25) is 0 Å². The summed E-state index contributed by atoms with van der Waals surface area (Å²) in [5.74, 6) is 0.991. The van der Waals surface area contributed by atoms with Crippen molar-refractivity contribution in [2.24, 2.45) is 5.92 Å². The van der Waals surface area contributed by atoms with Crippen molar-refractivity contribution in [2.75, 3.05) is 18.5 Å². The molecule has 0 bridgehead atoms. The number of nitrogens with one attached hydrogen (secondary N) is 1. The molecule has 0 atom stereocenters. The van der Waals surface area contributed by atoms with Crippen molar-refractivity contribution in [3.63, 3.8) is 0 Å². The number of carbonyl (C=O) groups is 1. The molecule has 1 saturated heterocycles. The number of carbonyl (C=O) groups excluding carboxylic acids is 1. The van der Waals surface area contributed by atoms with Crippen LogP contribution in [0, 0.1) is 5.92 Å². The Labute approximate surface area is 205 Å². The van der Waals surface area contributed by atoms with E-state index in [0.29, 0.717) is 53.6 Å². The highest BCUT2D eigenvalue weighted by atomic mass is 19.3. The molecule has 3 heterocycles. The summed E-state index contributed by atoms with van der Waals surface area (Å²) in [6.07, 6.45) is 6.43. The largest absolute Gasteiger partial charge is 0.435 e. The second-order valence-corrected chi connectivity index (χ2v) is 8.40. The van der Waals surface area contributed by atoms with Crippen LogP contribution >= 0.6 is 0 Å². The molecule has 0 radical (unpaired) electrons. The molecule has 0 amide bonds. The van der Waals surface area contributed by atoms with Crippen molar-refractivity contribution >= 4 is 28.2 Å². The molecule has 0 spiro atoms. The van der Waals surface area contributed by atoms with Gasteiger partial charge in [-0.15, -0.1) is 0 Å². The fourth-order valence-corrected chi connectivity index (χ4v) is 4.16. The maximum atomic E-state index is 12.9. The predicted octanol–water partition coefficient (Wildman–Crippen LogP) is 4.97. The number of halogens is 2. The Bertz CT molecular complexity index is 1360. The van der Waals surface area contributed by atoms with Crippen LogP contribution < -0.4 is 10.1 Å². The van der Waals surface area contributed by atoms with Gasteiger partial charge in [-0.1, -0.05) is 12.1 Å². The van der Waals surface area contributed by atoms with E-state index in [9.17, 15) is 13.6 Å². The molecule has 5 rings (SSSR count). The Balaban J connectivity index is 1.51.